The van der Waals surface area contributed by atoms with Crippen LogP contribution in [0.25, 0.3) is 0 Å². The molecule has 0 aromatic heterocycles. The van der Waals surface area contributed by atoms with E-state index in [2.05, 4.69) is 46.6 Å². The summed E-state index contributed by atoms with van der Waals surface area (Å²) >= 11 is 5.98. The van der Waals surface area contributed by atoms with E-state index in [0.717, 1.165) is 55.8 Å². The summed E-state index contributed by atoms with van der Waals surface area (Å²) in [5.41, 5.74) is 4.94. The standard InChI is InChI=1S/C24H27ClN2O/c25-20-12-10-19(11-13-20)14-16-26-23-21-8-4-5-9-22(21)24(28)27(23)17-15-18-6-2-1-3-7-18/h1-3,6-7,10-13,23,26H,4-5,8-9,14-17H2/t23-/m1/s1. The quantitative estimate of drug-likeness (QED) is 0.734. The van der Waals surface area contributed by atoms with Gasteiger partial charge in [-0.1, -0.05) is 54.1 Å². The van der Waals surface area contributed by atoms with Crippen molar-refractivity contribution in [3.63, 3.8) is 0 Å². The van der Waals surface area contributed by atoms with Crippen molar-refractivity contribution >= 4 is 17.5 Å². The van der Waals surface area contributed by atoms with E-state index in [4.69, 9.17) is 11.6 Å². The van der Waals surface area contributed by atoms with E-state index in [-0.39, 0.29) is 12.1 Å². The zero-order valence-corrected chi connectivity index (χ0v) is 16.9. The molecule has 0 bridgehead atoms. The maximum Gasteiger partial charge on any atom is 0.251 e. The molecular weight excluding hydrogens is 368 g/mol. The van der Waals surface area contributed by atoms with Crippen LogP contribution in [0.15, 0.2) is 65.7 Å². The topological polar surface area (TPSA) is 32.3 Å². The molecule has 2 aromatic carbocycles. The highest BCUT2D eigenvalue weighted by molar-refractivity contribution is 6.30. The largest absolute Gasteiger partial charge is 0.319 e. The molecule has 1 N–H and O–H groups in total. The molecule has 3 nitrogen and oxygen atoms in total. The number of carbonyl (C=O) groups excluding carboxylic acids is 1. The van der Waals surface area contributed by atoms with Gasteiger partial charge in [-0.05, 0) is 67.4 Å². The molecule has 1 amide bonds. The highest BCUT2D eigenvalue weighted by Crippen LogP contribution is 2.35. The van der Waals surface area contributed by atoms with Crippen LogP contribution in [0, 0.1) is 0 Å². The summed E-state index contributed by atoms with van der Waals surface area (Å²) in [7, 11) is 0. The summed E-state index contributed by atoms with van der Waals surface area (Å²) in [6, 6.07) is 18.4. The number of halogens is 1. The van der Waals surface area contributed by atoms with Gasteiger partial charge in [0.25, 0.3) is 5.91 Å². The SMILES string of the molecule is O=C1C2=C(CCCC2)[C@H](NCCc2ccc(Cl)cc2)N1CCc1ccccc1. The van der Waals surface area contributed by atoms with Crippen molar-refractivity contribution in [1.29, 1.82) is 0 Å². The van der Waals surface area contributed by atoms with E-state index >= 15 is 0 Å². The van der Waals surface area contributed by atoms with Gasteiger partial charge < -0.3 is 4.90 Å². The van der Waals surface area contributed by atoms with E-state index in [1.807, 2.05) is 18.2 Å². The van der Waals surface area contributed by atoms with Gasteiger partial charge in [0.2, 0.25) is 0 Å². The van der Waals surface area contributed by atoms with Crippen LogP contribution in [0.3, 0.4) is 0 Å². The smallest absolute Gasteiger partial charge is 0.251 e. The summed E-state index contributed by atoms with van der Waals surface area (Å²) in [4.78, 5) is 15.1. The van der Waals surface area contributed by atoms with E-state index < -0.39 is 0 Å². The van der Waals surface area contributed by atoms with Crippen LogP contribution in [0.2, 0.25) is 5.02 Å². The zero-order chi connectivity index (χ0) is 19.3. The summed E-state index contributed by atoms with van der Waals surface area (Å²) in [5.74, 6) is 0.245. The molecule has 1 atom stereocenters. The first-order valence-corrected chi connectivity index (χ1v) is 10.6. The molecule has 0 unspecified atom stereocenters. The van der Waals surface area contributed by atoms with Gasteiger partial charge in [0.1, 0.15) is 6.17 Å². The van der Waals surface area contributed by atoms with Crippen LogP contribution in [0.5, 0.6) is 0 Å². The minimum atomic E-state index is 0.0545. The molecule has 0 spiro atoms. The Bertz CT molecular complexity index is 845. The fourth-order valence-corrected chi connectivity index (χ4v) is 4.44. The molecule has 0 saturated carbocycles. The fraction of sp³-hybridized carbons (Fsp3) is 0.375. The maximum absolute atomic E-state index is 13.1. The maximum atomic E-state index is 13.1. The summed E-state index contributed by atoms with van der Waals surface area (Å²) in [6.45, 7) is 1.60. The van der Waals surface area contributed by atoms with Crippen molar-refractivity contribution in [1.82, 2.24) is 10.2 Å². The van der Waals surface area contributed by atoms with Gasteiger partial charge in [0, 0.05) is 23.7 Å². The molecular formula is C24H27ClN2O. The van der Waals surface area contributed by atoms with E-state index in [0.29, 0.717) is 0 Å². The van der Waals surface area contributed by atoms with Crippen LogP contribution in [0.4, 0.5) is 0 Å². The fourth-order valence-electron chi connectivity index (χ4n) is 4.32. The lowest BCUT2D eigenvalue weighted by molar-refractivity contribution is -0.127. The van der Waals surface area contributed by atoms with Crippen LogP contribution < -0.4 is 5.32 Å². The molecule has 0 fully saturated rings. The summed E-state index contributed by atoms with van der Waals surface area (Å²) in [5, 5.41) is 4.44. The van der Waals surface area contributed by atoms with Crippen molar-refractivity contribution in [3.8, 4) is 0 Å². The monoisotopic (exact) mass is 394 g/mol. The Kier molecular flexibility index (Phi) is 6.13. The first kappa shape index (κ1) is 19.2. The number of hydrogen-bond donors (Lipinski definition) is 1. The lowest BCUT2D eigenvalue weighted by atomic mass is 9.92. The molecule has 4 heteroatoms. The molecule has 1 aliphatic heterocycles. The molecule has 1 aliphatic carbocycles. The number of benzene rings is 2. The molecule has 146 valence electrons. The average Bonchev–Trinajstić information content (AvgIpc) is 3.00. The summed E-state index contributed by atoms with van der Waals surface area (Å²) in [6.07, 6.45) is 6.17. The first-order chi connectivity index (χ1) is 13.7. The number of hydrogen-bond acceptors (Lipinski definition) is 2. The number of nitrogens with one attached hydrogen (secondary N) is 1. The predicted molar refractivity (Wildman–Crippen MR) is 114 cm³/mol. The number of carbonyl (C=O) groups is 1. The van der Waals surface area contributed by atoms with Gasteiger partial charge in [-0.25, -0.2) is 0 Å². The molecule has 2 aliphatic rings. The van der Waals surface area contributed by atoms with E-state index in [1.165, 1.54) is 23.1 Å². The first-order valence-electron chi connectivity index (χ1n) is 10.3. The normalized spacial score (nSPS) is 19.2. The highest BCUT2D eigenvalue weighted by Gasteiger charge is 2.38. The van der Waals surface area contributed by atoms with Crippen LogP contribution in [0.1, 0.15) is 36.8 Å². The third-order valence-corrected chi connectivity index (χ3v) is 6.07. The van der Waals surface area contributed by atoms with Crippen LogP contribution in [-0.4, -0.2) is 30.1 Å². The van der Waals surface area contributed by atoms with Crippen LogP contribution in [-0.2, 0) is 17.6 Å². The van der Waals surface area contributed by atoms with Crippen molar-refractivity contribution in [3.05, 3.63) is 81.9 Å². The van der Waals surface area contributed by atoms with Crippen molar-refractivity contribution < 1.29 is 4.79 Å². The second kappa shape index (κ2) is 8.93. The second-order valence-electron chi connectivity index (χ2n) is 7.68. The third-order valence-electron chi connectivity index (χ3n) is 5.82. The van der Waals surface area contributed by atoms with Crippen molar-refractivity contribution in [2.45, 2.75) is 44.7 Å². The Balaban J connectivity index is 1.43. The summed E-state index contributed by atoms with van der Waals surface area (Å²) < 4.78 is 0. The third kappa shape index (κ3) is 4.31. The Morgan fingerprint density at radius 1 is 0.929 bits per heavy atom. The molecule has 4 rings (SSSR count). The van der Waals surface area contributed by atoms with Gasteiger partial charge in [-0.2, -0.15) is 0 Å². The zero-order valence-electron chi connectivity index (χ0n) is 16.2. The average molecular weight is 395 g/mol. The second-order valence-corrected chi connectivity index (χ2v) is 8.11. The van der Waals surface area contributed by atoms with Gasteiger partial charge in [-0.15, -0.1) is 0 Å². The van der Waals surface area contributed by atoms with Crippen molar-refractivity contribution in [2.75, 3.05) is 13.1 Å². The Morgan fingerprint density at radius 3 is 2.43 bits per heavy atom. The molecule has 2 aromatic rings. The van der Waals surface area contributed by atoms with Gasteiger partial charge in [-0.3, -0.25) is 10.1 Å². The van der Waals surface area contributed by atoms with Crippen molar-refractivity contribution in [2.24, 2.45) is 0 Å². The van der Waals surface area contributed by atoms with E-state index in [1.54, 1.807) is 0 Å². The Hall–Kier alpha value is -2.10. The molecule has 0 saturated heterocycles. The minimum Gasteiger partial charge on any atom is -0.319 e. The molecule has 1 heterocycles. The molecule has 0 radical (unpaired) electrons. The lowest BCUT2D eigenvalue weighted by Crippen LogP contribution is -2.47. The van der Waals surface area contributed by atoms with Gasteiger partial charge in [0.05, 0.1) is 0 Å². The van der Waals surface area contributed by atoms with Gasteiger partial charge in [0.15, 0.2) is 0 Å². The molecule has 28 heavy (non-hydrogen) atoms. The number of rotatable bonds is 7. The van der Waals surface area contributed by atoms with E-state index in [9.17, 15) is 4.79 Å². The Morgan fingerprint density at radius 2 is 1.64 bits per heavy atom. The predicted octanol–water partition coefficient (Wildman–Crippen LogP) is 4.75. The lowest BCUT2D eigenvalue weighted by Gasteiger charge is -2.28. The number of nitrogens with zero attached hydrogens (tertiary/aromatic N) is 1. The minimum absolute atomic E-state index is 0.0545. The Labute approximate surface area is 172 Å². The van der Waals surface area contributed by atoms with Gasteiger partial charge >= 0.3 is 0 Å². The van der Waals surface area contributed by atoms with Crippen LogP contribution >= 0.6 is 11.6 Å². The highest BCUT2D eigenvalue weighted by atomic mass is 35.5. The number of amides is 1.